The predicted octanol–water partition coefficient (Wildman–Crippen LogP) is 7.52. The third-order valence-corrected chi connectivity index (χ3v) is 9.06. The lowest BCUT2D eigenvalue weighted by Gasteiger charge is -2.57. The van der Waals surface area contributed by atoms with Crippen LogP contribution in [0, 0.1) is 17.8 Å². The molecule has 0 saturated heterocycles. The molecule has 4 saturated carbocycles. The van der Waals surface area contributed by atoms with Gasteiger partial charge in [-0.15, -0.1) is 0 Å². The van der Waals surface area contributed by atoms with E-state index in [4.69, 9.17) is 19.3 Å². The average Bonchev–Trinajstić information content (AvgIpc) is 2.94. The Hall–Kier alpha value is -3.73. The molecule has 0 spiro atoms. The SMILES string of the molecule is COc1cc(C=CC(=O)O)cc(OC)c1-c1ccc(OCc2ccccc2)c(C23CC4CC(CC(C4)C2)C3)c1. The summed E-state index contributed by atoms with van der Waals surface area (Å²) < 4.78 is 18.2. The van der Waals surface area contributed by atoms with Crippen LogP contribution in [-0.2, 0) is 16.8 Å². The van der Waals surface area contributed by atoms with Crippen molar-refractivity contribution in [3.05, 3.63) is 83.4 Å². The Morgan fingerprint density at radius 3 is 2.05 bits per heavy atom. The molecule has 4 aliphatic carbocycles. The normalized spacial score (nSPS) is 25.1. The van der Waals surface area contributed by atoms with Gasteiger partial charge in [0, 0.05) is 11.6 Å². The Bertz CT molecular complexity index is 1330. The van der Waals surface area contributed by atoms with E-state index in [2.05, 4.69) is 42.5 Å². The standard InChI is InChI=1S/C34H36O5/c1-37-30-15-23(8-11-32(35)36)16-31(38-2)33(30)27-9-10-29(39-21-22-6-4-3-5-7-22)28(17-27)34-18-24-12-25(19-34)14-26(13-24)20-34/h3-11,15-17,24-26H,12-14,18-21H2,1-2H3,(H,35,36). The van der Waals surface area contributed by atoms with E-state index in [0.29, 0.717) is 23.7 Å². The summed E-state index contributed by atoms with van der Waals surface area (Å²) >= 11 is 0. The van der Waals surface area contributed by atoms with Gasteiger partial charge in [0.15, 0.2) is 0 Å². The highest BCUT2D eigenvalue weighted by Crippen LogP contribution is 2.62. The fourth-order valence-corrected chi connectivity index (χ4v) is 7.88. The molecular weight excluding hydrogens is 488 g/mol. The van der Waals surface area contributed by atoms with E-state index in [1.54, 1.807) is 20.3 Å². The molecule has 5 heteroatoms. The number of carbonyl (C=O) groups is 1. The minimum atomic E-state index is -0.997. The van der Waals surface area contributed by atoms with Crippen molar-refractivity contribution in [3.63, 3.8) is 0 Å². The molecule has 4 bridgehead atoms. The van der Waals surface area contributed by atoms with E-state index < -0.39 is 5.97 Å². The third-order valence-electron chi connectivity index (χ3n) is 9.06. The quantitative estimate of drug-likeness (QED) is 0.293. The fraction of sp³-hybridized carbons (Fsp3) is 0.382. The molecule has 0 aliphatic heterocycles. The maximum Gasteiger partial charge on any atom is 0.328 e. The molecule has 39 heavy (non-hydrogen) atoms. The second kappa shape index (κ2) is 10.4. The second-order valence-electron chi connectivity index (χ2n) is 11.7. The van der Waals surface area contributed by atoms with Crippen LogP contribution in [0.5, 0.6) is 17.2 Å². The first-order valence-corrected chi connectivity index (χ1v) is 13.9. The number of hydrogen-bond acceptors (Lipinski definition) is 4. The van der Waals surface area contributed by atoms with E-state index in [9.17, 15) is 4.79 Å². The molecule has 3 aromatic rings. The number of benzene rings is 3. The monoisotopic (exact) mass is 524 g/mol. The van der Waals surface area contributed by atoms with Crippen LogP contribution in [0.4, 0.5) is 0 Å². The lowest BCUT2D eigenvalue weighted by molar-refractivity contribution is -0.131. The highest BCUT2D eigenvalue weighted by molar-refractivity contribution is 5.87. The van der Waals surface area contributed by atoms with Gasteiger partial charge in [-0.1, -0.05) is 36.4 Å². The van der Waals surface area contributed by atoms with Crippen LogP contribution in [0.15, 0.2) is 66.7 Å². The van der Waals surface area contributed by atoms with E-state index in [-0.39, 0.29) is 5.41 Å². The van der Waals surface area contributed by atoms with Crippen molar-refractivity contribution in [2.75, 3.05) is 14.2 Å². The smallest absolute Gasteiger partial charge is 0.328 e. The Labute approximate surface area is 230 Å². The number of rotatable bonds is 9. The van der Waals surface area contributed by atoms with Gasteiger partial charge in [-0.3, -0.25) is 0 Å². The summed E-state index contributed by atoms with van der Waals surface area (Å²) in [6.45, 7) is 0.538. The van der Waals surface area contributed by atoms with Gasteiger partial charge in [-0.2, -0.15) is 0 Å². The van der Waals surface area contributed by atoms with Gasteiger partial charge in [-0.25, -0.2) is 4.79 Å². The molecule has 7 rings (SSSR count). The van der Waals surface area contributed by atoms with Crippen LogP contribution in [-0.4, -0.2) is 25.3 Å². The number of carboxylic acid groups (broad SMARTS) is 1. The number of methoxy groups -OCH3 is 2. The van der Waals surface area contributed by atoms with E-state index >= 15 is 0 Å². The van der Waals surface area contributed by atoms with E-state index in [1.165, 1.54) is 44.1 Å². The molecule has 5 nitrogen and oxygen atoms in total. The zero-order chi connectivity index (χ0) is 27.0. The Kier molecular flexibility index (Phi) is 6.84. The van der Waals surface area contributed by atoms with Crippen molar-refractivity contribution < 1.29 is 24.1 Å². The van der Waals surface area contributed by atoms with Gasteiger partial charge in [0.2, 0.25) is 0 Å². The highest BCUT2D eigenvalue weighted by atomic mass is 16.5. The number of hydrogen-bond donors (Lipinski definition) is 1. The summed E-state index contributed by atoms with van der Waals surface area (Å²) in [6, 6.07) is 20.6. The molecule has 0 radical (unpaired) electrons. The maximum absolute atomic E-state index is 11.1. The zero-order valence-electron chi connectivity index (χ0n) is 22.7. The van der Waals surface area contributed by atoms with E-state index in [0.717, 1.165) is 46.3 Å². The van der Waals surface area contributed by atoms with Crippen molar-refractivity contribution >= 4 is 12.0 Å². The van der Waals surface area contributed by atoms with Gasteiger partial charge in [0.1, 0.15) is 23.9 Å². The highest BCUT2D eigenvalue weighted by Gasteiger charge is 2.52. The van der Waals surface area contributed by atoms with Gasteiger partial charge in [-0.05, 0) is 109 Å². The Morgan fingerprint density at radius 2 is 1.49 bits per heavy atom. The van der Waals surface area contributed by atoms with Crippen molar-refractivity contribution in [1.29, 1.82) is 0 Å². The van der Waals surface area contributed by atoms with Crippen LogP contribution in [0.25, 0.3) is 17.2 Å². The molecular formula is C34H36O5. The Morgan fingerprint density at radius 1 is 0.872 bits per heavy atom. The molecule has 0 unspecified atom stereocenters. The van der Waals surface area contributed by atoms with Crippen molar-refractivity contribution in [2.24, 2.45) is 17.8 Å². The zero-order valence-corrected chi connectivity index (χ0v) is 22.7. The lowest BCUT2D eigenvalue weighted by atomic mass is 9.48. The maximum atomic E-state index is 11.1. The number of aliphatic carboxylic acids is 1. The summed E-state index contributed by atoms with van der Waals surface area (Å²) in [4.78, 5) is 11.1. The molecule has 4 aliphatic rings. The third kappa shape index (κ3) is 5.03. The summed E-state index contributed by atoms with van der Waals surface area (Å²) in [7, 11) is 3.28. The number of carboxylic acids is 1. The van der Waals surface area contributed by atoms with Crippen LogP contribution >= 0.6 is 0 Å². The van der Waals surface area contributed by atoms with Crippen LogP contribution < -0.4 is 14.2 Å². The molecule has 0 aromatic heterocycles. The number of ether oxygens (including phenoxy) is 3. The second-order valence-corrected chi connectivity index (χ2v) is 11.7. The molecule has 4 fully saturated rings. The molecule has 0 amide bonds. The predicted molar refractivity (Wildman–Crippen MR) is 152 cm³/mol. The van der Waals surface area contributed by atoms with Crippen LogP contribution in [0.2, 0.25) is 0 Å². The first-order valence-electron chi connectivity index (χ1n) is 13.9. The summed E-state index contributed by atoms with van der Waals surface area (Å²) in [5, 5.41) is 9.09. The van der Waals surface area contributed by atoms with E-state index in [1.807, 2.05) is 18.2 Å². The minimum absolute atomic E-state index is 0.140. The topological polar surface area (TPSA) is 65.0 Å². The molecule has 202 valence electrons. The van der Waals surface area contributed by atoms with Gasteiger partial charge >= 0.3 is 5.97 Å². The van der Waals surface area contributed by atoms with Crippen molar-refractivity contribution in [3.8, 4) is 28.4 Å². The minimum Gasteiger partial charge on any atom is -0.496 e. The van der Waals surface area contributed by atoms with Crippen molar-refractivity contribution in [2.45, 2.75) is 50.5 Å². The molecule has 3 aromatic carbocycles. The summed E-state index contributed by atoms with van der Waals surface area (Å²) in [5.41, 5.74) is 5.21. The van der Waals surface area contributed by atoms with Gasteiger partial charge < -0.3 is 19.3 Å². The summed E-state index contributed by atoms with van der Waals surface area (Å²) in [6.07, 6.45) is 10.5. The Balaban J connectivity index is 1.44. The van der Waals surface area contributed by atoms with Gasteiger partial charge in [0.05, 0.1) is 19.8 Å². The van der Waals surface area contributed by atoms with Crippen LogP contribution in [0.3, 0.4) is 0 Å². The average molecular weight is 525 g/mol. The fourth-order valence-electron chi connectivity index (χ4n) is 7.88. The molecule has 1 N–H and O–H groups in total. The first kappa shape index (κ1) is 25.5. The van der Waals surface area contributed by atoms with Gasteiger partial charge in [0.25, 0.3) is 0 Å². The summed E-state index contributed by atoms with van der Waals surface area (Å²) in [5.74, 6) is 3.71. The largest absolute Gasteiger partial charge is 0.496 e. The van der Waals surface area contributed by atoms with Crippen molar-refractivity contribution in [1.82, 2.24) is 0 Å². The van der Waals surface area contributed by atoms with Crippen LogP contribution in [0.1, 0.15) is 55.2 Å². The lowest BCUT2D eigenvalue weighted by Crippen LogP contribution is -2.48. The molecule has 0 atom stereocenters. The molecule has 0 heterocycles. The first-order chi connectivity index (χ1) is 19.0.